The van der Waals surface area contributed by atoms with Gasteiger partial charge < -0.3 is 15.0 Å². The van der Waals surface area contributed by atoms with Crippen LogP contribution in [0.4, 0.5) is 0 Å². The number of nitrogens with one attached hydrogen (secondary N) is 3. The molecule has 3 aromatic heterocycles. The molecule has 5 rings (SSSR count). The molecule has 4 aromatic rings. The predicted molar refractivity (Wildman–Crippen MR) is 113 cm³/mol. The van der Waals surface area contributed by atoms with Gasteiger partial charge in [-0.2, -0.15) is 4.31 Å². The molecule has 0 saturated heterocycles. The first kappa shape index (κ1) is 18.5. The number of sulfonamides is 1. The Morgan fingerprint density at radius 1 is 1.03 bits per heavy atom. The molecule has 1 aromatic carbocycles. The highest BCUT2D eigenvalue weighted by molar-refractivity contribution is 7.89. The number of hydrogen-bond donors (Lipinski definition) is 3. The highest BCUT2D eigenvalue weighted by Gasteiger charge is 2.27. The van der Waals surface area contributed by atoms with Gasteiger partial charge in [-0.15, -0.1) is 0 Å². The van der Waals surface area contributed by atoms with Gasteiger partial charge in [0, 0.05) is 36.4 Å². The second kappa shape index (κ2) is 6.78. The molecular formula is C20H17N5O4S. The summed E-state index contributed by atoms with van der Waals surface area (Å²) < 4.78 is 27.6. The lowest BCUT2D eigenvalue weighted by Gasteiger charge is -2.26. The minimum absolute atomic E-state index is 0.0610. The fourth-order valence-electron chi connectivity index (χ4n) is 3.74. The van der Waals surface area contributed by atoms with Gasteiger partial charge in [0.05, 0.1) is 15.9 Å². The Kier molecular flexibility index (Phi) is 4.19. The van der Waals surface area contributed by atoms with Gasteiger partial charge in [-0.25, -0.2) is 13.4 Å². The van der Waals surface area contributed by atoms with Crippen LogP contribution in [-0.2, 0) is 10.0 Å². The van der Waals surface area contributed by atoms with Crippen LogP contribution < -0.4 is 11.1 Å². The van der Waals surface area contributed by atoms with Gasteiger partial charge in [-0.05, 0) is 42.3 Å². The highest BCUT2D eigenvalue weighted by atomic mass is 32.2. The van der Waals surface area contributed by atoms with Crippen LogP contribution in [-0.4, -0.2) is 45.7 Å². The first-order valence-corrected chi connectivity index (χ1v) is 10.8. The van der Waals surface area contributed by atoms with Crippen LogP contribution in [0.25, 0.3) is 27.6 Å². The van der Waals surface area contributed by atoms with Gasteiger partial charge in [0.15, 0.2) is 0 Å². The highest BCUT2D eigenvalue weighted by Crippen LogP contribution is 2.30. The third-order valence-electron chi connectivity index (χ3n) is 5.30. The molecule has 0 spiro atoms. The Morgan fingerprint density at radius 3 is 2.60 bits per heavy atom. The summed E-state index contributed by atoms with van der Waals surface area (Å²) in [6.07, 6.45) is 6.10. The Labute approximate surface area is 170 Å². The molecule has 152 valence electrons. The molecule has 3 N–H and O–H groups in total. The molecule has 1 aliphatic rings. The lowest BCUT2D eigenvalue weighted by atomic mass is 10.0. The van der Waals surface area contributed by atoms with Crippen LogP contribution in [0.3, 0.4) is 0 Å². The molecule has 0 radical (unpaired) electrons. The van der Waals surface area contributed by atoms with Crippen LogP contribution in [0.1, 0.15) is 12.0 Å². The van der Waals surface area contributed by atoms with E-state index in [1.165, 1.54) is 22.5 Å². The fraction of sp³-hybridized carbons (Fsp3) is 0.150. The normalized spacial score (nSPS) is 15.5. The Morgan fingerprint density at radius 2 is 1.83 bits per heavy atom. The van der Waals surface area contributed by atoms with Crippen LogP contribution in [0, 0.1) is 0 Å². The smallest absolute Gasteiger partial charge is 0.314 e. The summed E-state index contributed by atoms with van der Waals surface area (Å²) >= 11 is 0. The summed E-state index contributed by atoms with van der Waals surface area (Å²) in [4.78, 5) is 35.3. The van der Waals surface area contributed by atoms with Crippen molar-refractivity contribution in [1.29, 1.82) is 0 Å². The van der Waals surface area contributed by atoms with E-state index < -0.39 is 21.1 Å². The van der Waals surface area contributed by atoms with Gasteiger partial charge in [-0.1, -0.05) is 6.08 Å². The van der Waals surface area contributed by atoms with Crippen molar-refractivity contribution >= 4 is 37.7 Å². The summed E-state index contributed by atoms with van der Waals surface area (Å²) in [5.41, 5.74) is 1.93. The van der Waals surface area contributed by atoms with E-state index in [2.05, 4.69) is 19.9 Å². The van der Waals surface area contributed by atoms with E-state index in [1.807, 2.05) is 24.4 Å². The zero-order valence-corrected chi connectivity index (χ0v) is 16.5. The topological polar surface area (TPSA) is 132 Å². The van der Waals surface area contributed by atoms with Gasteiger partial charge >= 0.3 is 11.1 Å². The number of fused-ring (bicyclic) bond motifs is 2. The van der Waals surface area contributed by atoms with E-state index in [-0.39, 0.29) is 17.0 Å². The Bertz CT molecular complexity index is 1540. The lowest BCUT2D eigenvalue weighted by molar-refractivity contribution is 0.441. The number of nitrogens with zero attached hydrogens (tertiary/aromatic N) is 2. The average molecular weight is 423 g/mol. The van der Waals surface area contributed by atoms with Crippen molar-refractivity contribution in [2.45, 2.75) is 11.3 Å². The maximum atomic E-state index is 13.1. The van der Waals surface area contributed by atoms with Gasteiger partial charge in [-0.3, -0.25) is 9.59 Å². The molecule has 0 bridgehead atoms. The number of hydrogen-bond acceptors (Lipinski definition) is 5. The molecule has 0 unspecified atom stereocenters. The van der Waals surface area contributed by atoms with Crippen molar-refractivity contribution in [2.24, 2.45) is 0 Å². The van der Waals surface area contributed by atoms with Crippen molar-refractivity contribution in [3.05, 3.63) is 75.1 Å². The molecule has 0 saturated carbocycles. The molecule has 10 heteroatoms. The quantitative estimate of drug-likeness (QED) is 0.431. The van der Waals surface area contributed by atoms with Gasteiger partial charge in [0.2, 0.25) is 10.0 Å². The number of H-pyrrole nitrogens is 3. The molecule has 4 heterocycles. The fourth-order valence-corrected chi connectivity index (χ4v) is 5.15. The number of pyridine rings is 1. The van der Waals surface area contributed by atoms with E-state index in [0.717, 1.165) is 22.2 Å². The van der Waals surface area contributed by atoms with Crippen molar-refractivity contribution in [3.8, 4) is 0 Å². The van der Waals surface area contributed by atoms with Crippen molar-refractivity contribution in [2.75, 3.05) is 13.1 Å². The third-order valence-corrected chi connectivity index (χ3v) is 7.16. The largest absolute Gasteiger partial charge is 0.346 e. The van der Waals surface area contributed by atoms with E-state index >= 15 is 0 Å². The zero-order valence-electron chi connectivity index (χ0n) is 15.7. The van der Waals surface area contributed by atoms with Crippen LogP contribution in [0.2, 0.25) is 0 Å². The predicted octanol–water partition coefficient (Wildman–Crippen LogP) is 1.57. The minimum atomic E-state index is -3.76. The molecule has 0 fully saturated rings. The minimum Gasteiger partial charge on any atom is -0.346 e. The van der Waals surface area contributed by atoms with E-state index in [9.17, 15) is 18.0 Å². The molecule has 0 aliphatic carbocycles. The SMILES string of the molecule is O=c1[nH]c2ccc(S(=O)(=O)N3CC=C(c4c[nH]c5ncccc45)CC3)cc2[nH]c1=O. The molecular weight excluding hydrogens is 406 g/mol. The molecule has 1 aliphatic heterocycles. The van der Waals surface area contributed by atoms with Gasteiger partial charge in [0.25, 0.3) is 0 Å². The lowest BCUT2D eigenvalue weighted by Crippen LogP contribution is -2.34. The second-order valence-electron chi connectivity index (χ2n) is 7.06. The number of aromatic nitrogens is 4. The van der Waals surface area contributed by atoms with E-state index in [0.29, 0.717) is 18.5 Å². The molecule has 0 amide bonds. The monoisotopic (exact) mass is 423 g/mol. The summed E-state index contributed by atoms with van der Waals surface area (Å²) in [7, 11) is -3.76. The van der Waals surface area contributed by atoms with Crippen molar-refractivity contribution in [3.63, 3.8) is 0 Å². The number of aromatic amines is 3. The third kappa shape index (κ3) is 2.97. The number of benzene rings is 1. The Hall–Kier alpha value is -3.50. The molecule has 0 atom stereocenters. The second-order valence-corrected chi connectivity index (χ2v) is 9.00. The van der Waals surface area contributed by atoms with Gasteiger partial charge in [0.1, 0.15) is 5.65 Å². The maximum absolute atomic E-state index is 13.1. The average Bonchev–Trinajstić information content (AvgIpc) is 3.18. The first-order chi connectivity index (χ1) is 14.4. The van der Waals surface area contributed by atoms with E-state index in [4.69, 9.17) is 0 Å². The standard InChI is InChI=1S/C20H17N5O4S/c26-19-20(27)24-17-10-13(3-4-16(17)23-19)30(28,29)25-8-5-12(6-9-25)15-11-22-18-14(15)2-1-7-21-18/h1-5,7,10-11H,6,8-9H2,(H,21,22)(H,23,26)(H,24,27). The van der Waals surface area contributed by atoms with Crippen molar-refractivity contribution in [1.82, 2.24) is 24.2 Å². The number of rotatable bonds is 3. The van der Waals surface area contributed by atoms with Crippen LogP contribution in [0.15, 0.2) is 63.3 Å². The molecule has 9 nitrogen and oxygen atoms in total. The maximum Gasteiger partial charge on any atom is 0.314 e. The Balaban J connectivity index is 1.46. The zero-order chi connectivity index (χ0) is 20.9. The summed E-state index contributed by atoms with van der Waals surface area (Å²) in [6, 6.07) is 8.13. The van der Waals surface area contributed by atoms with Crippen LogP contribution >= 0.6 is 0 Å². The molecule has 30 heavy (non-hydrogen) atoms. The summed E-state index contributed by atoms with van der Waals surface area (Å²) in [5, 5.41) is 1.01. The van der Waals surface area contributed by atoms with Crippen LogP contribution in [0.5, 0.6) is 0 Å². The van der Waals surface area contributed by atoms with Crippen molar-refractivity contribution < 1.29 is 8.42 Å². The summed E-state index contributed by atoms with van der Waals surface area (Å²) in [6.45, 7) is 0.575. The first-order valence-electron chi connectivity index (χ1n) is 9.31. The summed E-state index contributed by atoms with van der Waals surface area (Å²) in [5.74, 6) is 0. The van der Waals surface area contributed by atoms with E-state index in [1.54, 1.807) is 6.20 Å².